The molecule has 5 aromatic rings. The van der Waals surface area contributed by atoms with Crippen molar-refractivity contribution in [1.29, 1.82) is 5.26 Å². The summed E-state index contributed by atoms with van der Waals surface area (Å²) < 4.78 is 9.04. The predicted molar refractivity (Wildman–Crippen MR) is 169 cm³/mol. The second kappa shape index (κ2) is 9.05. The van der Waals surface area contributed by atoms with Gasteiger partial charge in [0, 0.05) is 28.5 Å². The van der Waals surface area contributed by atoms with E-state index in [1.807, 2.05) is 12.1 Å². The molecule has 0 aliphatic heterocycles. The Bertz CT molecular complexity index is 1890. The van der Waals surface area contributed by atoms with Crippen molar-refractivity contribution in [3.8, 4) is 28.5 Å². The molecule has 0 spiro atoms. The Morgan fingerprint density at radius 3 is 2.17 bits per heavy atom. The van der Waals surface area contributed by atoms with Crippen LogP contribution in [0.5, 0.6) is 0 Å². The summed E-state index contributed by atoms with van der Waals surface area (Å²) in [6, 6.07) is 21.9. The molecule has 2 aromatic heterocycles. The van der Waals surface area contributed by atoms with E-state index in [4.69, 9.17) is 4.42 Å². The van der Waals surface area contributed by atoms with Crippen LogP contribution in [0.25, 0.3) is 44.3 Å². The van der Waals surface area contributed by atoms with Gasteiger partial charge in [0.05, 0.1) is 17.2 Å². The summed E-state index contributed by atoms with van der Waals surface area (Å²) in [6.07, 6.45) is 4.37. The summed E-state index contributed by atoms with van der Waals surface area (Å²) in [5, 5.41) is 12.5. The Kier molecular flexibility index (Phi) is 6.02. The van der Waals surface area contributed by atoms with Crippen molar-refractivity contribution in [2.24, 2.45) is 7.05 Å². The van der Waals surface area contributed by atoms with E-state index in [1.54, 1.807) is 0 Å². The summed E-state index contributed by atoms with van der Waals surface area (Å²) in [5.74, 6) is 0. The number of aryl methyl sites for hydroxylation is 2. The molecule has 208 valence electrons. The average Bonchev–Trinajstić information content (AvgIpc) is 3.28. The van der Waals surface area contributed by atoms with Gasteiger partial charge in [-0.1, -0.05) is 72.7 Å². The van der Waals surface area contributed by atoms with Crippen molar-refractivity contribution in [3.05, 3.63) is 88.6 Å². The average molecular weight is 542 g/mol. The van der Waals surface area contributed by atoms with Crippen molar-refractivity contribution >= 4 is 21.9 Å². The molecule has 0 atom stereocenters. The molecule has 0 saturated heterocycles. The Morgan fingerprint density at radius 2 is 1.51 bits per heavy atom. The lowest BCUT2D eigenvalue weighted by Crippen LogP contribution is -2.36. The number of aromatic nitrogens is 1. The Morgan fingerprint density at radius 1 is 0.854 bits per heavy atom. The van der Waals surface area contributed by atoms with Gasteiger partial charge in [-0.15, -0.1) is 0 Å². The number of nitriles is 1. The molecule has 0 radical (unpaired) electrons. The normalized spacial score (nSPS) is 16.1. The highest BCUT2D eigenvalue weighted by Crippen LogP contribution is 2.52. The van der Waals surface area contributed by atoms with Gasteiger partial charge < -0.3 is 4.42 Å². The van der Waals surface area contributed by atoms with Crippen LogP contribution in [0.1, 0.15) is 89.1 Å². The largest absolute Gasteiger partial charge is 0.454 e. The lowest BCUT2D eigenvalue weighted by Gasteiger charge is -2.45. The maximum Gasteiger partial charge on any atom is 0.216 e. The van der Waals surface area contributed by atoms with Crippen LogP contribution in [-0.4, -0.2) is 0 Å². The number of nitrogens with zero attached hydrogens (tertiary/aromatic N) is 2. The second-order valence-corrected chi connectivity index (χ2v) is 14.4. The van der Waals surface area contributed by atoms with Crippen LogP contribution in [0.3, 0.4) is 0 Å². The summed E-state index contributed by atoms with van der Waals surface area (Å²) in [5.41, 5.74) is 12.0. The molecular weight excluding hydrogens is 500 g/mol. The first-order valence-electron chi connectivity index (χ1n) is 14.8. The maximum atomic E-state index is 10.4. The Balaban J connectivity index is 1.74. The number of hydrogen-bond donors (Lipinski definition) is 0. The molecular formula is C38H41N2O+. The molecule has 6 rings (SSSR count). The van der Waals surface area contributed by atoms with Gasteiger partial charge in [0.2, 0.25) is 5.69 Å². The third kappa shape index (κ3) is 4.19. The lowest BCUT2D eigenvalue weighted by molar-refractivity contribution is -0.660. The molecule has 3 nitrogen and oxygen atoms in total. The molecule has 0 amide bonds. The zero-order valence-electron chi connectivity index (χ0n) is 26.0. The van der Waals surface area contributed by atoms with E-state index >= 15 is 0 Å². The second-order valence-electron chi connectivity index (χ2n) is 14.4. The van der Waals surface area contributed by atoms with Gasteiger partial charge in [-0.2, -0.15) is 5.26 Å². The standard InChI is InChI=1S/C38H41N2O/c1-23-13-15-26-27-16-14-24(22-39)32(35(27)41-34(26)31(23)30-12-10-11-19-40(30)9)25-20-28(36(2,3)4)33-29(21-25)37(5,6)17-18-38(33,7)8/h10-16,19-21H,17-18H2,1-9H3/q+1. The van der Waals surface area contributed by atoms with E-state index in [0.29, 0.717) is 5.56 Å². The van der Waals surface area contributed by atoms with Gasteiger partial charge in [-0.25, -0.2) is 4.57 Å². The molecule has 41 heavy (non-hydrogen) atoms. The van der Waals surface area contributed by atoms with Gasteiger partial charge >= 0.3 is 0 Å². The highest BCUT2D eigenvalue weighted by molar-refractivity contribution is 6.14. The summed E-state index contributed by atoms with van der Waals surface area (Å²) >= 11 is 0. The van der Waals surface area contributed by atoms with E-state index in [2.05, 4.69) is 122 Å². The predicted octanol–water partition coefficient (Wildman–Crippen LogP) is 9.57. The highest BCUT2D eigenvalue weighted by atomic mass is 16.3. The number of rotatable bonds is 2. The molecule has 1 aliphatic carbocycles. The van der Waals surface area contributed by atoms with Crippen LogP contribution in [-0.2, 0) is 23.3 Å². The molecule has 0 N–H and O–H groups in total. The Hall–Kier alpha value is -3.90. The number of benzene rings is 3. The topological polar surface area (TPSA) is 40.8 Å². The van der Waals surface area contributed by atoms with Crippen LogP contribution >= 0.6 is 0 Å². The van der Waals surface area contributed by atoms with Gasteiger partial charge in [0.25, 0.3) is 0 Å². The summed E-state index contributed by atoms with van der Waals surface area (Å²) in [4.78, 5) is 0. The van der Waals surface area contributed by atoms with E-state index in [-0.39, 0.29) is 16.2 Å². The first-order chi connectivity index (χ1) is 19.2. The van der Waals surface area contributed by atoms with Crippen LogP contribution in [0.4, 0.5) is 0 Å². The fourth-order valence-electron chi connectivity index (χ4n) is 7.01. The first-order valence-corrected chi connectivity index (χ1v) is 14.8. The van der Waals surface area contributed by atoms with Crippen LogP contribution < -0.4 is 4.57 Å². The highest BCUT2D eigenvalue weighted by Gasteiger charge is 2.41. The van der Waals surface area contributed by atoms with E-state index in [0.717, 1.165) is 62.7 Å². The lowest BCUT2D eigenvalue weighted by atomic mass is 9.59. The van der Waals surface area contributed by atoms with Crippen molar-refractivity contribution < 1.29 is 8.98 Å². The van der Waals surface area contributed by atoms with Gasteiger partial charge in [-0.05, 0) is 82.0 Å². The molecule has 0 fully saturated rings. The fourth-order valence-corrected chi connectivity index (χ4v) is 7.01. The van der Waals surface area contributed by atoms with E-state index in [9.17, 15) is 5.26 Å². The zero-order chi connectivity index (χ0) is 29.5. The molecule has 2 heterocycles. The summed E-state index contributed by atoms with van der Waals surface area (Å²) in [7, 11) is 2.07. The fraction of sp³-hybridized carbons (Fsp3) is 0.368. The smallest absolute Gasteiger partial charge is 0.216 e. The minimum absolute atomic E-state index is 0.0434. The van der Waals surface area contributed by atoms with Crippen LogP contribution in [0.2, 0.25) is 0 Å². The molecule has 0 unspecified atom stereocenters. The van der Waals surface area contributed by atoms with Crippen molar-refractivity contribution in [3.63, 3.8) is 0 Å². The van der Waals surface area contributed by atoms with Gasteiger partial charge in [-0.3, -0.25) is 0 Å². The zero-order valence-corrected chi connectivity index (χ0v) is 26.0. The number of furan rings is 1. The van der Waals surface area contributed by atoms with Gasteiger partial charge in [0.15, 0.2) is 6.20 Å². The molecule has 3 heteroatoms. The minimum Gasteiger partial charge on any atom is -0.454 e. The van der Waals surface area contributed by atoms with Crippen molar-refractivity contribution in [1.82, 2.24) is 0 Å². The van der Waals surface area contributed by atoms with Crippen LogP contribution in [0.15, 0.2) is 65.2 Å². The van der Waals surface area contributed by atoms with Crippen LogP contribution in [0, 0.1) is 18.3 Å². The maximum absolute atomic E-state index is 10.4. The van der Waals surface area contributed by atoms with Gasteiger partial charge in [0.1, 0.15) is 18.2 Å². The minimum atomic E-state index is -0.0499. The SMILES string of the molecule is Cc1ccc2c(oc3c(-c4cc(C(C)(C)C)c5c(c4)C(C)(C)CCC5(C)C)c(C#N)ccc32)c1-c1cccc[n+]1C. The number of fused-ring (bicyclic) bond motifs is 4. The third-order valence-electron chi connectivity index (χ3n) is 9.47. The number of hydrogen-bond acceptors (Lipinski definition) is 2. The third-order valence-corrected chi connectivity index (χ3v) is 9.47. The molecule has 0 bridgehead atoms. The van der Waals surface area contributed by atoms with E-state index < -0.39 is 0 Å². The number of pyridine rings is 1. The van der Waals surface area contributed by atoms with E-state index in [1.165, 1.54) is 16.7 Å². The first kappa shape index (κ1) is 27.3. The quantitative estimate of drug-likeness (QED) is 0.209. The molecule has 3 aromatic carbocycles. The molecule has 0 saturated carbocycles. The van der Waals surface area contributed by atoms with Crippen molar-refractivity contribution in [2.45, 2.75) is 84.5 Å². The summed E-state index contributed by atoms with van der Waals surface area (Å²) in [6.45, 7) is 18.6. The monoisotopic (exact) mass is 541 g/mol. The Labute approximate surface area is 244 Å². The molecule has 1 aliphatic rings. The van der Waals surface area contributed by atoms with Crippen molar-refractivity contribution in [2.75, 3.05) is 0 Å².